The van der Waals surface area contributed by atoms with Gasteiger partial charge < -0.3 is 5.73 Å². The smallest absolute Gasteiger partial charge is 0.159 e. The second kappa shape index (κ2) is 7.35. The highest BCUT2D eigenvalue weighted by Crippen LogP contribution is 2.42. The predicted octanol–water partition coefficient (Wildman–Crippen LogP) is 4.83. The Labute approximate surface area is 126 Å². The standard InChI is InChI=1S/C18H27F2N/c1-2-3-4-14-7-9-18(13-21,10-8-14)12-15-5-6-16(19)17(20)11-15/h5-6,11,14H,2-4,7-10,12-13,21H2,1H3. The number of unbranched alkanes of at least 4 members (excludes halogenated alkanes) is 1. The van der Waals surface area contributed by atoms with Crippen molar-refractivity contribution in [3.63, 3.8) is 0 Å². The largest absolute Gasteiger partial charge is 0.330 e. The van der Waals surface area contributed by atoms with E-state index in [0.29, 0.717) is 6.54 Å². The number of halogens is 2. The van der Waals surface area contributed by atoms with Gasteiger partial charge in [-0.1, -0.05) is 32.3 Å². The Morgan fingerprint density at radius 2 is 1.90 bits per heavy atom. The van der Waals surface area contributed by atoms with Crippen LogP contribution in [0.25, 0.3) is 0 Å². The maximum absolute atomic E-state index is 13.4. The molecule has 1 aliphatic carbocycles. The molecule has 1 aliphatic rings. The number of nitrogens with two attached hydrogens (primary N) is 1. The molecule has 0 aliphatic heterocycles. The Kier molecular flexibility index (Phi) is 5.74. The third kappa shape index (κ3) is 4.26. The van der Waals surface area contributed by atoms with E-state index < -0.39 is 11.6 Å². The average Bonchev–Trinajstić information content (AvgIpc) is 2.50. The molecule has 2 N–H and O–H groups in total. The molecule has 0 bridgehead atoms. The summed E-state index contributed by atoms with van der Waals surface area (Å²) < 4.78 is 26.4. The SMILES string of the molecule is CCCCC1CCC(CN)(Cc2ccc(F)c(F)c2)CC1. The van der Waals surface area contributed by atoms with Gasteiger partial charge in [0.2, 0.25) is 0 Å². The summed E-state index contributed by atoms with van der Waals surface area (Å²) in [5, 5.41) is 0. The normalized spacial score (nSPS) is 26.0. The molecule has 0 heterocycles. The molecule has 2 rings (SSSR count). The van der Waals surface area contributed by atoms with Crippen LogP contribution < -0.4 is 5.73 Å². The molecule has 0 aromatic heterocycles. The van der Waals surface area contributed by atoms with Crippen LogP contribution in [0.4, 0.5) is 8.78 Å². The molecule has 0 amide bonds. The van der Waals surface area contributed by atoms with Crippen molar-refractivity contribution in [3.05, 3.63) is 35.4 Å². The van der Waals surface area contributed by atoms with E-state index in [1.54, 1.807) is 6.07 Å². The van der Waals surface area contributed by atoms with Crippen molar-refractivity contribution < 1.29 is 8.78 Å². The van der Waals surface area contributed by atoms with Crippen LogP contribution in [-0.2, 0) is 6.42 Å². The summed E-state index contributed by atoms with van der Waals surface area (Å²) in [6.45, 7) is 2.86. The van der Waals surface area contributed by atoms with E-state index in [0.717, 1.165) is 30.7 Å². The van der Waals surface area contributed by atoms with Gasteiger partial charge in [0.1, 0.15) is 0 Å². The van der Waals surface area contributed by atoms with E-state index in [4.69, 9.17) is 5.73 Å². The van der Waals surface area contributed by atoms with Crippen molar-refractivity contribution in [2.24, 2.45) is 17.1 Å². The Morgan fingerprint density at radius 3 is 2.48 bits per heavy atom. The van der Waals surface area contributed by atoms with Gasteiger partial charge in [-0.15, -0.1) is 0 Å². The van der Waals surface area contributed by atoms with Crippen LogP contribution in [0.2, 0.25) is 0 Å². The minimum absolute atomic E-state index is 0.0764. The van der Waals surface area contributed by atoms with E-state index in [-0.39, 0.29) is 5.41 Å². The zero-order valence-corrected chi connectivity index (χ0v) is 13.0. The average molecular weight is 295 g/mol. The zero-order chi connectivity index (χ0) is 15.3. The van der Waals surface area contributed by atoms with Crippen LogP contribution in [0.1, 0.15) is 57.4 Å². The van der Waals surface area contributed by atoms with Gasteiger partial charge in [-0.25, -0.2) is 8.78 Å². The van der Waals surface area contributed by atoms with Crippen molar-refractivity contribution in [1.82, 2.24) is 0 Å². The summed E-state index contributed by atoms with van der Waals surface area (Å²) in [6, 6.07) is 4.25. The van der Waals surface area contributed by atoms with E-state index in [1.165, 1.54) is 44.2 Å². The van der Waals surface area contributed by atoms with Crippen LogP contribution in [0, 0.1) is 23.0 Å². The van der Waals surface area contributed by atoms with E-state index in [9.17, 15) is 8.78 Å². The fourth-order valence-corrected chi connectivity index (χ4v) is 3.61. The van der Waals surface area contributed by atoms with Crippen molar-refractivity contribution in [2.45, 2.75) is 58.3 Å². The van der Waals surface area contributed by atoms with Crippen molar-refractivity contribution in [1.29, 1.82) is 0 Å². The summed E-state index contributed by atoms with van der Waals surface area (Å²) in [5.41, 5.74) is 6.98. The Balaban J connectivity index is 1.98. The van der Waals surface area contributed by atoms with Crippen LogP contribution in [0.15, 0.2) is 18.2 Å². The van der Waals surface area contributed by atoms with Crippen LogP contribution in [-0.4, -0.2) is 6.54 Å². The second-order valence-electron chi connectivity index (χ2n) is 6.71. The maximum atomic E-state index is 13.4. The topological polar surface area (TPSA) is 26.0 Å². The molecule has 1 nitrogen and oxygen atoms in total. The molecule has 21 heavy (non-hydrogen) atoms. The molecular weight excluding hydrogens is 268 g/mol. The van der Waals surface area contributed by atoms with Gasteiger partial charge in [0.25, 0.3) is 0 Å². The molecular formula is C18H27F2N. The number of hydrogen-bond donors (Lipinski definition) is 1. The summed E-state index contributed by atoms with van der Waals surface area (Å²) in [7, 11) is 0. The Morgan fingerprint density at radius 1 is 1.19 bits per heavy atom. The molecule has 1 fully saturated rings. The van der Waals surface area contributed by atoms with Crippen LogP contribution in [0.5, 0.6) is 0 Å². The van der Waals surface area contributed by atoms with Crippen molar-refractivity contribution in [2.75, 3.05) is 6.54 Å². The van der Waals surface area contributed by atoms with Crippen LogP contribution >= 0.6 is 0 Å². The third-order valence-corrected chi connectivity index (χ3v) is 5.13. The molecule has 0 radical (unpaired) electrons. The highest BCUT2D eigenvalue weighted by atomic mass is 19.2. The lowest BCUT2D eigenvalue weighted by atomic mass is 9.66. The van der Waals surface area contributed by atoms with Gasteiger partial charge in [-0.2, -0.15) is 0 Å². The molecule has 1 saturated carbocycles. The molecule has 1 aromatic rings. The minimum Gasteiger partial charge on any atom is -0.330 e. The predicted molar refractivity (Wildman–Crippen MR) is 83.0 cm³/mol. The lowest BCUT2D eigenvalue weighted by Gasteiger charge is -2.40. The first kappa shape index (κ1) is 16.4. The van der Waals surface area contributed by atoms with Gasteiger partial charge in [-0.05, 0) is 67.7 Å². The quantitative estimate of drug-likeness (QED) is 0.799. The highest BCUT2D eigenvalue weighted by molar-refractivity contribution is 5.19. The van der Waals surface area contributed by atoms with Gasteiger partial charge in [0.05, 0.1) is 0 Å². The van der Waals surface area contributed by atoms with Gasteiger partial charge in [0.15, 0.2) is 11.6 Å². The van der Waals surface area contributed by atoms with E-state index in [1.807, 2.05) is 0 Å². The minimum atomic E-state index is -0.774. The van der Waals surface area contributed by atoms with E-state index >= 15 is 0 Å². The van der Waals surface area contributed by atoms with Gasteiger partial charge >= 0.3 is 0 Å². The Bertz CT molecular complexity index is 451. The zero-order valence-electron chi connectivity index (χ0n) is 13.0. The molecule has 1 aromatic carbocycles. The summed E-state index contributed by atoms with van der Waals surface area (Å²) in [5.74, 6) is -0.699. The monoisotopic (exact) mass is 295 g/mol. The fraction of sp³-hybridized carbons (Fsp3) is 0.667. The second-order valence-corrected chi connectivity index (χ2v) is 6.71. The highest BCUT2D eigenvalue weighted by Gasteiger charge is 2.34. The van der Waals surface area contributed by atoms with Gasteiger partial charge in [-0.3, -0.25) is 0 Å². The summed E-state index contributed by atoms with van der Waals surface area (Å²) in [6.07, 6.45) is 9.32. The molecule has 0 spiro atoms. The first-order valence-electron chi connectivity index (χ1n) is 8.22. The molecule has 118 valence electrons. The van der Waals surface area contributed by atoms with Crippen molar-refractivity contribution in [3.8, 4) is 0 Å². The molecule has 0 atom stereocenters. The third-order valence-electron chi connectivity index (χ3n) is 5.13. The van der Waals surface area contributed by atoms with Crippen molar-refractivity contribution >= 4 is 0 Å². The lowest BCUT2D eigenvalue weighted by Crippen LogP contribution is -2.37. The summed E-state index contributed by atoms with van der Waals surface area (Å²) in [4.78, 5) is 0. The molecule has 0 unspecified atom stereocenters. The molecule has 0 saturated heterocycles. The lowest BCUT2D eigenvalue weighted by molar-refractivity contribution is 0.150. The first-order chi connectivity index (χ1) is 10.1. The summed E-state index contributed by atoms with van der Waals surface area (Å²) >= 11 is 0. The fourth-order valence-electron chi connectivity index (χ4n) is 3.61. The number of rotatable bonds is 6. The Hall–Kier alpha value is -0.960. The van der Waals surface area contributed by atoms with E-state index in [2.05, 4.69) is 6.92 Å². The maximum Gasteiger partial charge on any atom is 0.159 e. The number of hydrogen-bond acceptors (Lipinski definition) is 1. The number of benzene rings is 1. The van der Waals surface area contributed by atoms with Gasteiger partial charge in [0, 0.05) is 0 Å². The first-order valence-corrected chi connectivity index (χ1v) is 8.22. The molecule has 3 heteroatoms. The van der Waals surface area contributed by atoms with Crippen LogP contribution in [0.3, 0.4) is 0 Å².